The topological polar surface area (TPSA) is 90.4 Å². The fourth-order valence-electron chi connectivity index (χ4n) is 1.96. The lowest BCUT2D eigenvalue weighted by Gasteiger charge is -2.10. The Kier molecular flexibility index (Phi) is 5.19. The van der Waals surface area contributed by atoms with Crippen molar-refractivity contribution in [2.75, 3.05) is 17.7 Å². The standard InChI is InChI=1S/C16H19N3O3/c1-2-3-9-22-14-7-8-15(16(11-14)19(20)21)18-13-6-4-5-12(17)10-13/h4-8,10-11,18H,2-3,9,17H2,1H3. The van der Waals surface area contributed by atoms with Gasteiger partial charge in [0.25, 0.3) is 5.69 Å². The van der Waals surface area contributed by atoms with E-state index in [0.717, 1.165) is 12.8 Å². The predicted octanol–water partition coefficient (Wildman–Crippen LogP) is 4.10. The second-order valence-electron chi connectivity index (χ2n) is 4.89. The number of unbranched alkanes of at least 4 members (excludes halogenated alkanes) is 1. The van der Waals surface area contributed by atoms with Crippen molar-refractivity contribution in [3.63, 3.8) is 0 Å². The van der Waals surface area contributed by atoms with E-state index in [4.69, 9.17) is 10.5 Å². The lowest BCUT2D eigenvalue weighted by Crippen LogP contribution is -2.00. The molecule has 2 aromatic carbocycles. The molecule has 0 saturated heterocycles. The quantitative estimate of drug-likeness (QED) is 0.348. The van der Waals surface area contributed by atoms with E-state index in [0.29, 0.717) is 29.4 Å². The summed E-state index contributed by atoms with van der Waals surface area (Å²) >= 11 is 0. The van der Waals surface area contributed by atoms with Gasteiger partial charge in [-0.2, -0.15) is 0 Å². The number of anilines is 3. The highest BCUT2D eigenvalue weighted by Gasteiger charge is 2.15. The molecule has 3 N–H and O–H groups in total. The smallest absolute Gasteiger partial charge is 0.296 e. The number of nitrogen functional groups attached to an aromatic ring is 1. The van der Waals surface area contributed by atoms with Crippen LogP contribution in [0.5, 0.6) is 5.75 Å². The van der Waals surface area contributed by atoms with E-state index in [1.165, 1.54) is 6.07 Å². The zero-order valence-electron chi connectivity index (χ0n) is 12.4. The first kappa shape index (κ1) is 15.6. The van der Waals surface area contributed by atoms with Crippen LogP contribution in [0, 0.1) is 10.1 Å². The Morgan fingerprint density at radius 1 is 1.27 bits per heavy atom. The molecule has 22 heavy (non-hydrogen) atoms. The number of nitro groups is 1. The van der Waals surface area contributed by atoms with Gasteiger partial charge < -0.3 is 15.8 Å². The van der Waals surface area contributed by atoms with Gasteiger partial charge in [0.05, 0.1) is 17.6 Å². The second kappa shape index (κ2) is 7.31. The van der Waals surface area contributed by atoms with Crippen LogP contribution in [0.2, 0.25) is 0 Å². The molecule has 0 bridgehead atoms. The maximum Gasteiger partial charge on any atom is 0.296 e. The van der Waals surface area contributed by atoms with Gasteiger partial charge in [0.15, 0.2) is 0 Å². The highest BCUT2D eigenvalue weighted by atomic mass is 16.6. The van der Waals surface area contributed by atoms with Crippen LogP contribution in [0.4, 0.5) is 22.7 Å². The number of benzene rings is 2. The summed E-state index contributed by atoms with van der Waals surface area (Å²) < 4.78 is 5.51. The molecule has 0 atom stereocenters. The second-order valence-corrected chi connectivity index (χ2v) is 4.89. The molecule has 0 saturated carbocycles. The molecule has 116 valence electrons. The van der Waals surface area contributed by atoms with Gasteiger partial charge in [0, 0.05) is 11.4 Å². The summed E-state index contributed by atoms with van der Waals surface area (Å²) in [5.41, 5.74) is 7.37. The normalized spacial score (nSPS) is 10.2. The molecule has 0 aliphatic rings. The molecule has 0 heterocycles. The molecule has 0 aromatic heterocycles. The third-order valence-electron chi connectivity index (χ3n) is 3.10. The van der Waals surface area contributed by atoms with Crippen LogP contribution in [-0.4, -0.2) is 11.5 Å². The average molecular weight is 301 g/mol. The fourth-order valence-corrected chi connectivity index (χ4v) is 1.96. The molecule has 2 aromatic rings. The molecular weight excluding hydrogens is 282 g/mol. The molecule has 0 spiro atoms. The van der Waals surface area contributed by atoms with E-state index < -0.39 is 4.92 Å². The Morgan fingerprint density at radius 3 is 2.77 bits per heavy atom. The molecule has 0 fully saturated rings. The highest BCUT2D eigenvalue weighted by molar-refractivity contribution is 5.72. The number of ether oxygens (including phenoxy) is 1. The minimum Gasteiger partial charge on any atom is -0.493 e. The van der Waals surface area contributed by atoms with Crippen molar-refractivity contribution in [3.8, 4) is 5.75 Å². The largest absolute Gasteiger partial charge is 0.493 e. The first-order valence-electron chi connectivity index (χ1n) is 7.14. The molecule has 0 amide bonds. The van der Waals surface area contributed by atoms with Crippen molar-refractivity contribution >= 4 is 22.7 Å². The van der Waals surface area contributed by atoms with Crippen LogP contribution in [-0.2, 0) is 0 Å². The summed E-state index contributed by atoms with van der Waals surface area (Å²) in [6.45, 7) is 2.61. The summed E-state index contributed by atoms with van der Waals surface area (Å²) in [6, 6.07) is 11.8. The van der Waals surface area contributed by atoms with Gasteiger partial charge in [-0.15, -0.1) is 0 Å². The van der Waals surface area contributed by atoms with Gasteiger partial charge in [-0.1, -0.05) is 19.4 Å². The first-order chi connectivity index (χ1) is 10.6. The summed E-state index contributed by atoms with van der Waals surface area (Å²) in [5.74, 6) is 0.498. The highest BCUT2D eigenvalue weighted by Crippen LogP contribution is 2.31. The van der Waals surface area contributed by atoms with Gasteiger partial charge >= 0.3 is 0 Å². The number of nitrogens with one attached hydrogen (secondary N) is 1. The molecule has 0 unspecified atom stereocenters. The van der Waals surface area contributed by atoms with Gasteiger partial charge in [-0.05, 0) is 36.8 Å². The summed E-state index contributed by atoms with van der Waals surface area (Å²) in [6.07, 6.45) is 1.92. The van der Waals surface area contributed by atoms with Crippen LogP contribution in [0.3, 0.4) is 0 Å². The van der Waals surface area contributed by atoms with Crippen molar-refractivity contribution in [1.82, 2.24) is 0 Å². The van der Waals surface area contributed by atoms with E-state index in [9.17, 15) is 10.1 Å². The van der Waals surface area contributed by atoms with Crippen LogP contribution in [0.1, 0.15) is 19.8 Å². The van der Waals surface area contributed by atoms with Crippen molar-refractivity contribution in [3.05, 3.63) is 52.6 Å². The van der Waals surface area contributed by atoms with Crippen molar-refractivity contribution < 1.29 is 9.66 Å². The van der Waals surface area contributed by atoms with Crippen molar-refractivity contribution in [1.29, 1.82) is 0 Å². The van der Waals surface area contributed by atoms with Crippen LogP contribution in [0.15, 0.2) is 42.5 Å². The van der Waals surface area contributed by atoms with Gasteiger partial charge in [0.2, 0.25) is 0 Å². The van der Waals surface area contributed by atoms with E-state index in [2.05, 4.69) is 12.2 Å². The fraction of sp³-hybridized carbons (Fsp3) is 0.250. The third-order valence-corrected chi connectivity index (χ3v) is 3.10. The number of nitrogens with two attached hydrogens (primary N) is 1. The minimum absolute atomic E-state index is 0.0311. The van der Waals surface area contributed by atoms with E-state index in [1.807, 2.05) is 0 Å². The van der Waals surface area contributed by atoms with Crippen molar-refractivity contribution in [2.45, 2.75) is 19.8 Å². The monoisotopic (exact) mass is 301 g/mol. The Hall–Kier alpha value is -2.76. The van der Waals surface area contributed by atoms with Crippen LogP contribution in [0.25, 0.3) is 0 Å². The van der Waals surface area contributed by atoms with E-state index in [-0.39, 0.29) is 5.69 Å². The molecule has 0 aliphatic carbocycles. The zero-order chi connectivity index (χ0) is 15.9. The van der Waals surface area contributed by atoms with Gasteiger partial charge in [-0.25, -0.2) is 0 Å². The zero-order valence-corrected chi connectivity index (χ0v) is 12.4. The summed E-state index contributed by atoms with van der Waals surface area (Å²) in [4.78, 5) is 10.8. The van der Waals surface area contributed by atoms with Crippen LogP contribution < -0.4 is 15.8 Å². The SMILES string of the molecule is CCCCOc1ccc(Nc2cccc(N)c2)c([N+](=O)[O-])c1. The lowest BCUT2D eigenvalue weighted by molar-refractivity contribution is -0.384. The molecule has 2 rings (SSSR count). The number of nitro benzene ring substituents is 1. The molecule has 0 aliphatic heterocycles. The predicted molar refractivity (Wildman–Crippen MR) is 87.6 cm³/mol. The Labute approximate surface area is 129 Å². The molecule has 6 nitrogen and oxygen atoms in total. The number of hydrogen-bond donors (Lipinski definition) is 2. The first-order valence-corrected chi connectivity index (χ1v) is 7.14. The Bertz CT molecular complexity index is 659. The maximum atomic E-state index is 11.2. The molecule has 0 radical (unpaired) electrons. The minimum atomic E-state index is -0.429. The van der Waals surface area contributed by atoms with Crippen LogP contribution >= 0.6 is 0 Å². The average Bonchev–Trinajstić information content (AvgIpc) is 2.48. The number of nitrogens with zero attached hydrogens (tertiary/aromatic N) is 1. The van der Waals surface area contributed by atoms with Crippen molar-refractivity contribution in [2.24, 2.45) is 0 Å². The number of rotatable bonds is 7. The maximum absolute atomic E-state index is 11.2. The lowest BCUT2D eigenvalue weighted by atomic mass is 10.2. The van der Waals surface area contributed by atoms with E-state index >= 15 is 0 Å². The van der Waals surface area contributed by atoms with E-state index in [1.54, 1.807) is 36.4 Å². The summed E-state index contributed by atoms with van der Waals surface area (Å²) in [5, 5.41) is 14.3. The molecule has 6 heteroatoms. The van der Waals surface area contributed by atoms with Gasteiger partial charge in [0.1, 0.15) is 11.4 Å². The Morgan fingerprint density at radius 2 is 2.09 bits per heavy atom. The number of hydrogen-bond acceptors (Lipinski definition) is 5. The van der Waals surface area contributed by atoms with Gasteiger partial charge in [-0.3, -0.25) is 10.1 Å². The molecular formula is C16H19N3O3. The summed E-state index contributed by atoms with van der Waals surface area (Å²) in [7, 11) is 0. The third kappa shape index (κ3) is 4.12. The Balaban J connectivity index is 2.21.